The molecule has 1 aromatic heterocycles. The summed E-state index contributed by atoms with van der Waals surface area (Å²) in [6.45, 7) is 0.862. The molecule has 0 amide bonds. The number of dihydropyridines is 1. The zero-order valence-electron chi connectivity index (χ0n) is 23.5. The lowest BCUT2D eigenvalue weighted by molar-refractivity contribution is 0.631. The largest absolute Gasteiger partial charge is 0.456 e. The van der Waals surface area contributed by atoms with Gasteiger partial charge in [-0.1, -0.05) is 115 Å². The summed E-state index contributed by atoms with van der Waals surface area (Å²) in [7, 11) is 0. The van der Waals surface area contributed by atoms with Crippen molar-refractivity contribution in [3.63, 3.8) is 0 Å². The molecule has 8 aromatic rings. The molecule has 1 aliphatic rings. The molecule has 0 unspecified atom stereocenters. The van der Waals surface area contributed by atoms with Crippen molar-refractivity contribution in [1.82, 2.24) is 5.32 Å². The van der Waals surface area contributed by atoms with Crippen LogP contribution >= 0.6 is 0 Å². The molecule has 202 valence electrons. The van der Waals surface area contributed by atoms with Gasteiger partial charge in [0.1, 0.15) is 11.3 Å². The number of rotatable bonds is 4. The fraction of sp³-hybridized carbons (Fsp3) is 0.0244. The summed E-state index contributed by atoms with van der Waals surface area (Å²) in [5, 5.41) is 12.2. The predicted octanol–water partition coefficient (Wildman–Crippen LogP) is 10.8. The number of hydrogen-bond donors (Lipinski definition) is 1. The smallest absolute Gasteiger partial charge is 0.135 e. The fourth-order valence-electron chi connectivity index (χ4n) is 6.76. The van der Waals surface area contributed by atoms with Crippen molar-refractivity contribution in [3.8, 4) is 33.6 Å². The Labute approximate surface area is 249 Å². The lowest BCUT2D eigenvalue weighted by Crippen LogP contribution is -2.08. The first kappa shape index (κ1) is 24.0. The summed E-state index contributed by atoms with van der Waals surface area (Å²) in [5.74, 6) is 0.891. The molecule has 0 saturated heterocycles. The van der Waals surface area contributed by atoms with Gasteiger partial charge < -0.3 is 9.73 Å². The van der Waals surface area contributed by atoms with Gasteiger partial charge in [0.25, 0.3) is 0 Å². The Morgan fingerprint density at radius 3 is 1.79 bits per heavy atom. The maximum Gasteiger partial charge on any atom is 0.135 e. The van der Waals surface area contributed by atoms with Crippen LogP contribution in [0.4, 0.5) is 0 Å². The zero-order valence-corrected chi connectivity index (χ0v) is 23.5. The first-order valence-electron chi connectivity index (χ1n) is 14.8. The van der Waals surface area contributed by atoms with E-state index in [2.05, 4.69) is 127 Å². The number of furan rings is 1. The summed E-state index contributed by atoms with van der Waals surface area (Å²) in [6.07, 6.45) is 6.40. The monoisotopic (exact) mass is 549 g/mol. The number of fused-ring (bicyclic) bond motifs is 1. The minimum atomic E-state index is 0.862. The third-order valence-corrected chi connectivity index (χ3v) is 8.90. The maximum atomic E-state index is 6.17. The van der Waals surface area contributed by atoms with Gasteiger partial charge in [-0.2, -0.15) is 0 Å². The van der Waals surface area contributed by atoms with E-state index < -0.39 is 0 Å². The van der Waals surface area contributed by atoms with E-state index in [1.165, 1.54) is 65.7 Å². The second-order valence-corrected chi connectivity index (χ2v) is 11.4. The Morgan fingerprint density at radius 2 is 1.14 bits per heavy atom. The van der Waals surface area contributed by atoms with E-state index in [4.69, 9.17) is 4.42 Å². The molecule has 43 heavy (non-hydrogen) atoms. The molecule has 0 spiro atoms. The van der Waals surface area contributed by atoms with Crippen LogP contribution in [0.15, 0.2) is 150 Å². The molecule has 1 aliphatic heterocycles. The van der Waals surface area contributed by atoms with E-state index in [9.17, 15) is 0 Å². The van der Waals surface area contributed by atoms with Crippen LogP contribution in [-0.2, 0) is 0 Å². The SMILES string of the molecule is C1=CC(c2ccc(-c3cc(-c4ccc(-c5cc6ccccc6o5)cc4)c4ccc5cccc6ccc3c4c65)cc2)=CCN1. The van der Waals surface area contributed by atoms with E-state index in [1.807, 2.05) is 24.4 Å². The molecule has 7 aromatic carbocycles. The Morgan fingerprint density at radius 1 is 0.512 bits per heavy atom. The standard InChI is InChI=1S/C41H27NO/c1-2-7-38-33(4-1)24-39(43-38)30-14-12-29(13-15-30)37-25-36(28-10-8-26(9-11-28)27-20-22-42-23-21-27)34-18-16-31-5-3-6-32-17-19-35(37)41(34)40(31)32/h1-22,24-25,42H,23H2. The van der Waals surface area contributed by atoms with Gasteiger partial charge >= 0.3 is 0 Å². The molecule has 2 heterocycles. The van der Waals surface area contributed by atoms with Gasteiger partial charge in [0, 0.05) is 17.5 Å². The van der Waals surface area contributed by atoms with E-state index >= 15 is 0 Å². The zero-order chi connectivity index (χ0) is 28.3. The van der Waals surface area contributed by atoms with E-state index in [1.54, 1.807) is 0 Å². The molecule has 1 N–H and O–H groups in total. The van der Waals surface area contributed by atoms with Gasteiger partial charge in [-0.05, 0) is 96.2 Å². The van der Waals surface area contributed by atoms with Crippen molar-refractivity contribution < 1.29 is 4.42 Å². The van der Waals surface area contributed by atoms with Crippen LogP contribution in [0.25, 0.3) is 82.4 Å². The summed E-state index contributed by atoms with van der Waals surface area (Å²) in [5.41, 5.74) is 9.40. The molecule has 0 bridgehead atoms. The number of benzene rings is 7. The molecule has 2 nitrogen and oxygen atoms in total. The van der Waals surface area contributed by atoms with E-state index in [0.29, 0.717) is 0 Å². The average Bonchev–Trinajstić information content (AvgIpc) is 3.52. The highest BCUT2D eigenvalue weighted by Gasteiger charge is 2.17. The van der Waals surface area contributed by atoms with E-state index in [0.717, 1.165) is 28.8 Å². The van der Waals surface area contributed by atoms with Crippen molar-refractivity contribution in [1.29, 1.82) is 0 Å². The summed E-state index contributed by atoms with van der Waals surface area (Å²) in [6, 6.07) is 46.3. The second-order valence-electron chi connectivity index (χ2n) is 11.4. The van der Waals surface area contributed by atoms with Gasteiger partial charge in [-0.25, -0.2) is 0 Å². The third kappa shape index (κ3) is 3.88. The van der Waals surface area contributed by atoms with Gasteiger partial charge in [0.2, 0.25) is 0 Å². The number of nitrogens with one attached hydrogen (secondary N) is 1. The molecule has 0 saturated carbocycles. The van der Waals surface area contributed by atoms with Crippen LogP contribution in [0.3, 0.4) is 0 Å². The Kier molecular flexibility index (Phi) is 5.30. The molecular weight excluding hydrogens is 522 g/mol. The average molecular weight is 550 g/mol. The number of hydrogen-bond acceptors (Lipinski definition) is 2. The summed E-state index contributed by atoms with van der Waals surface area (Å²) < 4.78 is 6.17. The van der Waals surface area contributed by atoms with Gasteiger partial charge in [0.05, 0.1) is 0 Å². The summed E-state index contributed by atoms with van der Waals surface area (Å²) in [4.78, 5) is 0. The van der Waals surface area contributed by atoms with Gasteiger partial charge in [-0.3, -0.25) is 0 Å². The van der Waals surface area contributed by atoms with Gasteiger partial charge in [-0.15, -0.1) is 0 Å². The molecule has 0 aliphatic carbocycles. The minimum absolute atomic E-state index is 0.862. The van der Waals surface area contributed by atoms with Crippen molar-refractivity contribution >= 4 is 48.9 Å². The van der Waals surface area contributed by atoms with Crippen LogP contribution < -0.4 is 5.32 Å². The van der Waals surface area contributed by atoms with Crippen molar-refractivity contribution in [3.05, 3.63) is 151 Å². The van der Waals surface area contributed by atoms with E-state index in [-0.39, 0.29) is 0 Å². The first-order valence-corrected chi connectivity index (χ1v) is 14.8. The topological polar surface area (TPSA) is 25.2 Å². The molecule has 2 heteroatoms. The van der Waals surface area contributed by atoms with Crippen LogP contribution in [0.2, 0.25) is 0 Å². The predicted molar refractivity (Wildman–Crippen MR) is 181 cm³/mol. The van der Waals surface area contributed by atoms with Crippen LogP contribution in [0.5, 0.6) is 0 Å². The Balaban J connectivity index is 1.23. The van der Waals surface area contributed by atoms with Crippen molar-refractivity contribution in [2.24, 2.45) is 0 Å². The number of allylic oxidation sites excluding steroid dienone is 2. The van der Waals surface area contributed by atoms with Crippen LogP contribution in [-0.4, -0.2) is 6.54 Å². The molecule has 0 radical (unpaired) electrons. The maximum absolute atomic E-state index is 6.17. The fourth-order valence-corrected chi connectivity index (χ4v) is 6.76. The Bertz CT molecular complexity index is 2320. The first-order chi connectivity index (χ1) is 21.3. The third-order valence-electron chi connectivity index (χ3n) is 8.90. The lowest BCUT2D eigenvalue weighted by Gasteiger charge is -2.18. The lowest BCUT2D eigenvalue weighted by atomic mass is 9.85. The highest BCUT2D eigenvalue weighted by Crippen LogP contribution is 2.44. The molecule has 0 fully saturated rings. The minimum Gasteiger partial charge on any atom is -0.456 e. The van der Waals surface area contributed by atoms with Gasteiger partial charge in [0.15, 0.2) is 0 Å². The van der Waals surface area contributed by atoms with Crippen LogP contribution in [0.1, 0.15) is 5.56 Å². The normalized spacial score (nSPS) is 13.3. The summed E-state index contributed by atoms with van der Waals surface area (Å²) >= 11 is 0. The molecule has 0 atom stereocenters. The number of para-hydroxylation sites is 1. The molecule has 9 rings (SSSR count). The molecular formula is C41H27NO. The van der Waals surface area contributed by atoms with Crippen molar-refractivity contribution in [2.75, 3.05) is 6.54 Å². The quantitative estimate of drug-likeness (QED) is 0.221. The van der Waals surface area contributed by atoms with Crippen molar-refractivity contribution in [2.45, 2.75) is 0 Å². The Hall–Kier alpha value is -5.60. The second kappa shape index (κ2) is 9.47. The van der Waals surface area contributed by atoms with Crippen LogP contribution in [0, 0.1) is 0 Å². The highest BCUT2D eigenvalue weighted by atomic mass is 16.3. The highest BCUT2D eigenvalue weighted by molar-refractivity contribution is 6.28.